The number of carboxylic acids is 1. The number of ether oxygens (including phenoxy) is 1. The molecule has 1 aliphatic heterocycles. The molecule has 1 aromatic rings. The number of aromatic carboxylic acids is 1. The Morgan fingerprint density at radius 1 is 1.53 bits per heavy atom. The molecule has 1 saturated heterocycles. The highest BCUT2D eigenvalue weighted by atomic mass is 32.2. The Morgan fingerprint density at radius 3 is 2.84 bits per heavy atom. The molecule has 1 heterocycles. The van der Waals surface area contributed by atoms with Crippen LogP contribution in [0.3, 0.4) is 0 Å². The van der Waals surface area contributed by atoms with Crippen molar-refractivity contribution in [1.82, 2.24) is 0 Å². The van der Waals surface area contributed by atoms with Crippen LogP contribution in [0, 0.1) is 6.92 Å². The zero-order valence-electron chi connectivity index (χ0n) is 11.6. The lowest BCUT2D eigenvalue weighted by atomic mass is 10.1. The van der Waals surface area contributed by atoms with E-state index < -0.39 is 5.97 Å². The molecule has 0 radical (unpaired) electrons. The summed E-state index contributed by atoms with van der Waals surface area (Å²) < 4.78 is 5.93. The van der Waals surface area contributed by atoms with Crippen molar-refractivity contribution in [3.63, 3.8) is 0 Å². The lowest BCUT2D eigenvalue weighted by Gasteiger charge is -2.19. The first kappa shape index (κ1) is 14.4. The summed E-state index contributed by atoms with van der Waals surface area (Å²) in [5, 5.41) is 9.10. The quantitative estimate of drug-likeness (QED) is 0.853. The molecule has 1 aliphatic rings. The Bertz CT molecular complexity index is 482. The van der Waals surface area contributed by atoms with Gasteiger partial charge in [-0.3, -0.25) is 0 Å². The van der Waals surface area contributed by atoms with E-state index >= 15 is 0 Å². The van der Waals surface area contributed by atoms with Crippen LogP contribution in [0.4, 0.5) is 0 Å². The van der Waals surface area contributed by atoms with Crippen molar-refractivity contribution in [3.8, 4) is 0 Å². The van der Waals surface area contributed by atoms with Crippen molar-refractivity contribution in [1.29, 1.82) is 0 Å². The minimum absolute atomic E-state index is 0.00920. The summed E-state index contributed by atoms with van der Waals surface area (Å²) in [6.07, 6.45) is 2.44. The number of rotatable bonds is 4. The average molecular weight is 280 g/mol. The SMILES string of the molecule is Cc1ccc(SCC2CCC(C)(C)O2)cc1C(=O)O. The molecule has 104 valence electrons. The first-order chi connectivity index (χ1) is 8.87. The van der Waals surface area contributed by atoms with Gasteiger partial charge in [0.2, 0.25) is 0 Å². The molecule has 0 amide bonds. The summed E-state index contributed by atoms with van der Waals surface area (Å²) >= 11 is 1.67. The molecule has 1 aromatic carbocycles. The molecule has 0 saturated carbocycles. The predicted molar refractivity (Wildman–Crippen MR) is 77.0 cm³/mol. The standard InChI is InChI=1S/C15H20O3S/c1-10-4-5-12(8-13(10)14(16)17)19-9-11-6-7-15(2,3)18-11/h4-5,8,11H,6-7,9H2,1-3H3,(H,16,17). The van der Waals surface area contributed by atoms with Crippen LogP contribution >= 0.6 is 11.8 Å². The first-order valence-electron chi connectivity index (χ1n) is 6.52. The molecule has 0 aliphatic carbocycles. The number of hydrogen-bond donors (Lipinski definition) is 1. The maximum absolute atomic E-state index is 11.1. The van der Waals surface area contributed by atoms with Crippen molar-refractivity contribution >= 4 is 17.7 Å². The smallest absolute Gasteiger partial charge is 0.335 e. The number of benzene rings is 1. The van der Waals surface area contributed by atoms with Crippen molar-refractivity contribution < 1.29 is 14.6 Å². The highest BCUT2D eigenvalue weighted by Crippen LogP contribution is 2.33. The maximum atomic E-state index is 11.1. The Kier molecular flexibility index (Phi) is 4.21. The van der Waals surface area contributed by atoms with E-state index in [0.29, 0.717) is 5.56 Å². The number of carboxylic acid groups (broad SMARTS) is 1. The van der Waals surface area contributed by atoms with E-state index in [-0.39, 0.29) is 11.7 Å². The first-order valence-corrected chi connectivity index (χ1v) is 7.50. The third-order valence-electron chi connectivity index (χ3n) is 3.43. The van der Waals surface area contributed by atoms with Crippen LogP contribution in [-0.2, 0) is 4.74 Å². The van der Waals surface area contributed by atoms with E-state index in [4.69, 9.17) is 9.84 Å². The molecule has 19 heavy (non-hydrogen) atoms. The number of aryl methyl sites for hydroxylation is 1. The average Bonchev–Trinajstić information content (AvgIpc) is 2.67. The van der Waals surface area contributed by atoms with E-state index in [9.17, 15) is 4.79 Å². The molecular formula is C15H20O3S. The van der Waals surface area contributed by atoms with Gasteiger partial charge in [-0.15, -0.1) is 11.8 Å². The van der Waals surface area contributed by atoms with E-state index in [1.165, 1.54) is 0 Å². The molecule has 1 unspecified atom stereocenters. The van der Waals surface area contributed by atoms with Gasteiger partial charge in [0.25, 0.3) is 0 Å². The highest BCUT2D eigenvalue weighted by molar-refractivity contribution is 7.99. The van der Waals surface area contributed by atoms with Crippen molar-refractivity contribution in [2.24, 2.45) is 0 Å². The zero-order chi connectivity index (χ0) is 14.0. The second-order valence-electron chi connectivity index (χ2n) is 5.63. The third-order valence-corrected chi connectivity index (χ3v) is 4.56. The fourth-order valence-corrected chi connectivity index (χ4v) is 3.28. The largest absolute Gasteiger partial charge is 0.478 e. The van der Waals surface area contributed by atoms with Gasteiger partial charge in [-0.05, 0) is 51.3 Å². The molecule has 0 aromatic heterocycles. The molecule has 0 bridgehead atoms. The number of carbonyl (C=O) groups is 1. The summed E-state index contributed by atoms with van der Waals surface area (Å²) in [7, 11) is 0. The van der Waals surface area contributed by atoms with E-state index in [1.807, 2.05) is 19.1 Å². The third kappa shape index (κ3) is 3.74. The van der Waals surface area contributed by atoms with Gasteiger partial charge in [0.1, 0.15) is 0 Å². The summed E-state index contributed by atoms with van der Waals surface area (Å²) in [5.41, 5.74) is 1.18. The predicted octanol–water partition coefficient (Wildman–Crippen LogP) is 3.74. The van der Waals surface area contributed by atoms with Crippen LogP contribution in [0.15, 0.2) is 23.1 Å². The molecule has 1 atom stereocenters. The van der Waals surface area contributed by atoms with Crippen LogP contribution in [0.25, 0.3) is 0 Å². The van der Waals surface area contributed by atoms with Gasteiger partial charge in [-0.25, -0.2) is 4.79 Å². The second kappa shape index (κ2) is 5.55. The lowest BCUT2D eigenvalue weighted by Crippen LogP contribution is -2.21. The Labute approximate surface area is 118 Å². The molecule has 3 nitrogen and oxygen atoms in total. The molecular weight excluding hydrogens is 260 g/mol. The molecule has 4 heteroatoms. The van der Waals surface area contributed by atoms with Gasteiger partial charge < -0.3 is 9.84 Å². The normalized spacial score (nSPS) is 21.5. The summed E-state index contributed by atoms with van der Waals surface area (Å²) in [5.74, 6) is 0.0177. The van der Waals surface area contributed by atoms with E-state index in [2.05, 4.69) is 13.8 Å². The van der Waals surface area contributed by atoms with Crippen LogP contribution in [-0.4, -0.2) is 28.5 Å². The zero-order valence-corrected chi connectivity index (χ0v) is 12.4. The van der Waals surface area contributed by atoms with Crippen molar-refractivity contribution in [2.45, 2.75) is 50.2 Å². The van der Waals surface area contributed by atoms with Gasteiger partial charge >= 0.3 is 5.97 Å². The fourth-order valence-electron chi connectivity index (χ4n) is 2.31. The van der Waals surface area contributed by atoms with Gasteiger partial charge in [-0.2, -0.15) is 0 Å². The lowest BCUT2D eigenvalue weighted by molar-refractivity contribution is -0.00466. The minimum atomic E-state index is -0.863. The summed E-state index contributed by atoms with van der Waals surface area (Å²) in [4.78, 5) is 12.1. The van der Waals surface area contributed by atoms with Crippen LogP contribution < -0.4 is 0 Å². The minimum Gasteiger partial charge on any atom is -0.478 e. The van der Waals surface area contributed by atoms with E-state index in [1.54, 1.807) is 17.8 Å². The molecule has 0 spiro atoms. The van der Waals surface area contributed by atoms with Crippen molar-refractivity contribution in [2.75, 3.05) is 5.75 Å². The molecule has 2 rings (SSSR count). The summed E-state index contributed by atoms with van der Waals surface area (Å²) in [6, 6.07) is 5.60. The van der Waals surface area contributed by atoms with Crippen LogP contribution in [0.1, 0.15) is 42.6 Å². The van der Waals surface area contributed by atoms with Gasteiger partial charge in [0.05, 0.1) is 17.3 Å². The van der Waals surface area contributed by atoms with Gasteiger partial charge in [-0.1, -0.05) is 6.07 Å². The number of thioether (sulfide) groups is 1. The Hall–Kier alpha value is -1.00. The Morgan fingerprint density at radius 2 is 2.26 bits per heavy atom. The number of hydrogen-bond acceptors (Lipinski definition) is 3. The second-order valence-corrected chi connectivity index (χ2v) is 6.72. The van der Waals surface area contributed by atoms with E-state index in [0.717, 1.165) is 29.1 Å². The van der Waals surface area contributed by atoms with Crippen LogP contribution in [0.5, 0.6) is 0 Å². The molecule has 1 N–H and O–H groups in total. The van der Waals surface area contributed by atoms with Gasteiger partial charge in [0, 0.05) is 10.6 Å². The maximum Gasteiger partial charge on any atom is 0.335 e. The highest BCUT2D eigenvalue weighted by Gasteiger charge is 2.31. The van der Waals surface area contributed by atoms with Crippen LogP contribution in [0.2, 0.25) is 0 Å². The monoisotopic (exact) mass is 280 g/mol. The summed E-state index contributed by atoms with van der Waals surface area (Å²) in [6.45, 7) is 6.05. The fraction of sp³-hybridized carbons (Fsp3) is 0.533. The van der Waals surface area contributed by atoms with Gasteiger partial charge in [0.15, 0.2) is 0 Å². The topological polar surface area (TPSA) is 46.5 Å². The Balaban J connectivity index is 1.97. The molecule has 1 fully saturated rings. The van der Waals surface area contributed by atoms with Crippen molar-refractivity contribution in [3.05, 3.63) is 29.3 Å².